The number of aryl methyl sites for hydroxylation is 1. The van der Waals surface area contributed by atoms with Crippen molar-refractivity contribution in [1.82, 2.24) is 24.9 Å². The van der Waals surface area contributed by atoms with E-state index in [1.54, 1.807) is 17.9 Å². The zero-order chi connectivity index (χ0) is 15.9. The van der Waals surface area contributed by atoms with Crippen LogP contribution in [0.15, 0.2) is 6.07 Å². The zero-order valence-corrected chi connectivity index (χ0v) is 11.7. The van der Waals surface area contributed by atoms with Crippen LogP contribution in [0.25, 0.3) is 5.78 Å². The third kappa shape index (κ3) is 2.68. The summed E-state index contributed by atoms with van der Waals surface area (Å²) < 4.78 is 39.4. The van der Waals surface area contributed by atoms with E-state index in [4.69, 9.17) is 0 Å². The number of fused-ring (bicyclic) bond motifs is 1. The van der Waals surface area contributed by atoms with Gasteiger partial charge in [0.25, 0.3) is 11.6 Å². The summed E-state index contributed by atoms with van der Waals surface area (Å²) in [7, 11) is 0. The van der Waals surface area contributed by atoms with E-state index in [0.717, 1.165) is 4.52 Å². The molecule has 118 valence electrons. The van der Waals surface area contributed by atoms with Crippen LogP contribution in [-0.2, 0) is 11.0 Å². The van der Waals surface area contributed by atoms with E-state index in [1.165, 1.54) is 0 Å². The Kier molecular flexibility index (Phi) is 3.38. The van der Waals surface area contributed by atoms with Crippen LogP contribution in [-0.4, -0.2) is 45.1 Å². The number of rotatable bonds is 1. The molecule has 0 atom stereocenters. The Balaban J connectivity index is 2.08. The minimum Gasteiger partial charge on any atom is -0.354 e. The lowest BCUT2D eigenvalue weighted by molar-refractivity contribution is -0.144. The first-order chi connectivity index (χ1) is 10.3. The van der Waals surface area contributed by atoms with E-state index < -0.39 is 12.0 Å². The maximum atomic E-state index is 12.8. The monoisotopic (exact) mass is 314 g/mol. The number of nitrogens with one attached hydrogen (secondary N) is 1. The first-order valence-electron chi connectivity index (χ1n) is 6.68. The highest BCUT2D eigenvalue weighted by atomic mass is 19.4. The van der Waals surface area contributed by atoms with Crippen molar-refractivity contribution in [3.63, 3.8) is 0 Å². The van der Waals surface area contributed by atoms with E-state index in [2.05, 4.69) is 20.4 Å². The van der Waals surface area contributed by atoms with Gasteiger partial charge in [0, 0.05) is 37.8 Å². The molecule has 0 spiro atoms. The Morgan fingerprint density at radius 3 is 2.77 bits per heavy atom. The highest BCUT2D eigenvalue weighted by Crippen LogP contribution is 2.27. The average molecular weight is 314 g/mol. The number of halogens is 3. The van der Waals surface area contributed by atoms with Crippen molar-refractivity contribution in [1.29, 1.82) is 0 Å². The summed E-state index contributed by atoms with van der Waals surface area (Å²) in [6, 6.07) is 1.64. The number of hydrogen-bond acceptors (Lipinski definition) is 5. The van der Waals surface area contributed by atoms with Gasteiger partial charge in [-0.2, -0.15) is 22.7 Å². The number of amides is 1. The lowest BCUT2D eigenvalue weighted by Gasteiger charge is -2.22. The molecule has 0 unspecified atom stereocenters. The van der Waals surface area contributed by atoms with Crippen LogP contribution in [0.1, 0.15) is 17.9 Å². The van der Waals surface area contributed by atoms with Crippen LogP contribution in [0.3, 0.4) is 0 Å². The molecule has 2 aromatic heterocycles. The smallest absolute Gasteiger partial charge is 0.354 e. The van der Waals surface area contributed by atoms with Gasteiger partial charge in [-0.15, -0.1) is 5.10 Å². The van der Waals surface area contributed by atoms with Crippen LogP contribution < -0.4 is 10.2 Å². The van der Waals surface area contributed by atoms with Crippen LogP contribution in [0, 0.1) is 6.92 Å². The lowest BCUT2D eigenvalue weighted by atomic mass is 10.3. The molecule has 7 nitrogen and oxygen atoms in total. The molecule has 1 aliphatic rings. The Labute approximate surface area is 123 Å². The summed E-state index contributed by atoms with van der Waals surface area (Å²) in [4.78, 5) is 20.6. The molecule has 1 N–H and O–H groups in total. The van der Waals surface area contributed by atoms with Crippen molar-refractivity contribution in [2.24, 2.45) is 0 Å². The van der Waals surface area contributed by atoms with E-state index >= 15 is 0 Å². The minimum atomic E-state index is -4.63. The van der Waals surface area contributed by atoms with E-state index in [9.17, 15) is 18.0 Å². The SMILES string of the molecule is Cc1cc(N2CCNC(=O)CC2)n2nc(C(F)(F)F)nc2n1. The third-order valence-corrected chi connectivity index (χ3v) is 3.31. The van der Waals surface area contributed by atoms with Crippen LogP contribution in [0.2, 0.25) is 0 Å². The fraction of sp³-hybridized carbons (Fsp3) is 0.500. The predicted octanol–water partition coefficient (Wildman–Crippen LogP) is 0.778. The molecular weight excluding hydrogens is 301 g/mol. The van der Waals surface area contributed by atoms with Crippen molar-refractivity contribution < 1.29 is 18.0 Å². The average Bonchev–Trinajstić information content (AvgIpc) is 2.74. The van der Waals surface area contributed by atoms with Gasteiger partial charge in [-0.1, -0.05) is 0 Å². The highest BCUT2D eigenvalue weighted by molar-refractivity contribution is 5.77. The van der Waals surface area contributed by atoms with E-state index in [0.29, 0.717) is 31.1 Å². The molecule has 3 rings (SSSR count). The number of carbonyl (C=O) groups is 1. The third-order valence-electron chi connectivity index (χ3n) is 3.31. The largest absolute Gasteiger partial charge is 0.453 e. The molecule has 1 amide bonds. The fourth-order valence-electron chi connectivity index (χ4n) is 2.31. The van der Waals surface area contributed by atoms with Gasteiger partial charge in [-0.3, -0.25) is 4.79 Å². The summed E-state index contributed by atoms with van der Waals surface area (Å²) in [6.45, 7) is 2.96. The van der Waals surface area contributed by atoms with Gasteiger partial charge in [-0.25, -0.2) is 4.98 Å². The summed E-state index contributed by atoms with van der Waals surface area (Å²) in [6.07, 6.45) is -4.36. The van der Waals surface area contributed by atoms with E-state index in [1.807, 2.05) is 0 Å². The van der Waals surface area contributed by atoms with Crippen LogP contribution in [0.5, 0.6) is 0 Å². The van der Waals surface area contributed by atoms with Crippen molar-refractivity contribution >= 4 is 17.5 Å². The molecule has 0 radical (unpaired) electrons. The maximum absolute atomic E-state index is 12.8. The van der Waals surface area contributed by atoms with Gasteiger partial charge in [0.1, 0.15) is 5.82 Å². The van der Waals surface area contributed by atoms with Crippen LogP contribution in [0.4, 0.5) is 19.0 Å². The first kappa shape index (κ1) is 14.5. The zero-order valence-electron chi connectivity index (χ0n) is 11.7. The standard InChI is InChI=1S/C12H13F3N6O/c1-7-6-9(20-4-2-8(22)16-3-5-20)21-11(17-7)18-10(19-21)12(13,14)15/h6H,2-5H2,1H3,(H,16,22). The van der Waals surface area contributed by atoms with Crippen molar-refractivity contribution in [2.45, 2.75) is 19.5 Å². The molecule has 0 aliphatic carbocycles. The number of carbonyl (C=O) groups excluding carboxylic acids is 1. The molecule has 2 aromatic rings. The normalized spacial score (nSPS) is 16.7. The predicted molar refractivity (Wildman–Crippen MR) is 70.4 cm³/mol. The topological polar surface area (TPSA) is 75.4 Å². The molecule has 22 heavy (non-hydrogen) atoms. The van der Waals surface area contributed by atoms with Gasteiger partial charge in [0.2, 0.25) is 5.91 Å². The molecule has 10 heteroatoms. The molecule has 1 fully saturated rings. The first-order valence-corrected chi connectivity index (χ1v) is 6.68. The van der Waals surface area contributed by atoms with Gasteiger partial charge < -0.3 is 10.2 Å². The summed E-state index contributed by atoms with van der Waals surface area (Å²) in [5.41, 5.74) is 0.534. The highest BCUT2D eigenvalue weighted by Gasteiger charge is 2.37. The number of aromatic nitrogens is 4. The molecule has 0 aromatic carbocycles. The van der Waals surface area contributed by atoms with Gasteiger partial charge >= 0.3 is 6.18 Å². The fourth-order valence-corrected chi connectivity index (χ4v) is 2.31. The van der Waals surface area contributed by atoms with Gasteiger partial charge in [-0.05, 0) is 6.92 Å². The number of alkyl halides is 3. The molecule has 0 bridgehead atoms. The van der Waals surface area contributed by atoms with Crippen molar-refractivity contribution in [3.05, 3.63) is 17.6 Å². The Morgan fingerprint density at radius 1 is 1.27 bits per heavy atom. The summed E-state index contributed by atoms with van der Waals surface area (Å²) in [5, 5.41) is 6.24. The van der Waals surface area contributed by atoms with Crippen molar-refractivity contribution in [2.75, 3.05) is 24.5 Å². The summed E-state index contributed by atoms with van der Waals surface area (Å²) >= 11 is 0. The molecule has 1 aliphatic heterocycles. The van der Waals surface area contributed by atoms with E-state index in [-0.39, 0.29) is 18.1 Å². The van der Waals surface area contributed by atoms with Crippen LogP contribution >= 0.6 is 0 Å². The van der Waals surface area contributed by atoms with Gasteiger partial charge in [0.05, 0.1) is 0 Å². The number of nitrogens with zero attached hydrogens (tertiary/aromatic N) is 5. The molecule has 3 heterocycles. The summed E-state index contributed by atoms with van der Waals surface area (Å²) in [5.74, 6) is -0.970. The second-order valence-electron chi connectivity index (χ2n) is 4.99. The van der Waals surface area contributed by atoms with Gasteiger partial charge in [0.15, 0.2) is 0 Å². The van der Waals surface area contributed by atoms with Crippen molar-refractivity contribution in [3.8, 4) is 0 Å². The number of anilines is 1. The number of hydrogen-bond donors (Lipinski definition) is 1. The molecule has 0 saturated carbocycles. The molecule has 1 saturated heterocycles. The second-order valence-corrected chi connectivity index (χ2v) is 4.99. The molecular formula is C12H13F3N6O. The quantitative estimate of drug-likeness (QED) is 0.842. The second kappa shape index (κ2) is 5.11. The Hall–Kier alpha value is -2.39. The maximum Gasteiger partial charge on any atom is 0.453 e. The Morgan fingerprint density at radius 2 is 2.05 bits per heavy atom. The minimum absolute atomic E-state index is 0.0842. The Bertz CT molecular complexity index is 725. The lowest BCUT2D eigenvalue weighted by Crippen LogP contribution is -2.30.